The Balaban J connectivity index is 2.35. The van der Waals surface area contributed by atoms with E-state index >= 15 is 0 Å². The molecule has 0 aliphatic heterocycles. The van der Waals surface area contributed by atoms with Crippen molar-refractivity contribution >= 4 is 6.08 Å². The van der Waals surface area contributed by atoms with Crippen molar-refractivity contribution < 1.29 is 4.74 Å². The minimum atomic E-state index is 0.301. The molecule has 1 rings (SSSR count). The molecule has 1 aromatic carbocycles. The highest BCUT2D eigenvalue weighted by molar-refractivity contribution is 5.51. The third-order valence-corrected chi connectivity index (χ3v) is 3.48. The lowest BCUT2D eigenvalue weighted by atomic mass is 10.1. The third kappa shape index (κ3) is 5.96. The fourth-order valence-corrected chi connectivity index (χ4v) is 2.24. The lowest BCUT2D eigenvalue weighted by molar-refractivity contribution is 0.205. The van der Waals surface area contributed by atoms with Gasteiger partial charge in [0.1, 0.15) is 5.75 Å². The van der Waals surface area contributed by atoms with E-state index in [0.29, 0.717) is 6.10 Å². The topological polar surface area (TPSA) is 9.23 Å². The predicted molar refractivity (Wildman–Crippen MR) is 84.7 cm³/mol. The zero-order valence-corrected chi connectivity index (χ0v) is 12.7. The summed E-state index contributed by atoms with van der Waals surface area (Å²) < 4.78 is 6.02. The van der Waals surface area contributed by atoms with Crippen LogP contribution in [0.15, 0.2) is 24.8 Å². The molecule has 0 aromatic heterocycles. The van der Waals surface area contributed by atoms with E-state index in [2.05, 4.69) is 45.5 Å². The maximum atomic E-state index is 6.02. The second kappa shape index (κ2) is 8.79. The molecule has 0 heterocycles. The Morgan fingerprint density at radius 3 is 2.58 bits per heavy atom. The molecule has 1 atom stereocenters. The first kappa shape index (κ1) is 15.8. The Kier molecular flexibility index (Phi) is 7.32. The van der Waals surface area contributed by atoms with Crippen molar-refractivity contribution in [2.45, 2.75) is 65.4 Å². The van der Waals surface area contributed by atoms with Gasteiger partial charge >= 0.3 is 0 Å². The van der Waals surface area contributed by atoms with Gasteiger partial charge in [-0.05, 0) is 49.9 Å². The number of benzene rings is 1. The summed E-state index contributed by atoms with van der Waals surface area (Å²) in [5.41, 5.74) is 2.34. The van der Waals surface area contributed by atoms with Crippen LogP contribution in [0.1, 0.15) is 63.5 Å². The fraction of sp³-hybridized carbons (Fsp3) is 0.556. The second-order valence-corrected chi connectivity index (χ2v) is 5.36. The number of ether oxygens (including phenoxy) is 1. The number of aryl methyl sites for hydroxylation is 1. The molecule has 1 aromatic rings. The first-order chi connectivity index (χ1) is 9.17. The Bertz CT molecular complexity index is 381. The van der Waals surface area contributed by atoms with Gasteiger partial charge in [-0.15, -0.1) is 0 Å². The van der Waals surface area contributed by atoms with Gasteiger partial charge in [-0.3, -0.25) is 0 Å². The summed E-state index contributed by atoms with van der Waals surface area (Å²) in [6, 6.07) is 6.24. The average Bonchev–Trinajstić information content (AvgIpc) is 2.41. The van der Waals surface area contributed by atoms with Crippen molar-refractivity contribution in [3.8, 4) is 5.75 Å². The van der Waals surface area contributed by atoms with Crippen LogP contribution >= 0.6 is 0 Å². The van der Waals surface area contributed by atoms with Crippen LogP contribution < -0.4 is 4.74 Å². The lowest BCUT2D eigenvalue weighted by Gasteiger charge is -2.16. The molecule has 0 bridgehead atoms. The van der Waals surface area contributed by atoms with Crippen molar-refractivity contribution in [1.82, 2.24) is 0 Å². The Morgan fingerprint density at radius 1 is 1.21 bits per heavy atom. The summed E-state index contributed by atoms with van der Waals surface area (Å²) in [6.07, 6.45) is 9.94. The molecule has 19 heavy (non-hydrogen) atoms. The van der Waals surface area contributed by atoms with Crippen LogP contribution in [0, 0.1) is 6.92 Å². The molecular weight excluding hydrogens is 232 g/mol. The molecule has 1 unspecified atom stereocenters. The monoisotopic (exact) mass is 260 g/mol. The molecule has 0 N–H and O–H groups in total. The highest BCUT2D eigenvalue weighted by atomic mass is 16.5. The maximum absolute atomic E-state index is 6.02. The quantitative estimate of drug-likeness (QED) is 0.512. The van der Waals surface area contributed by atoms with Crippen LogP contribution in [0.5, 0.6) is 5.75 Å². The van der Waals surface area contributed by atoms with Crippen LogP contribution in [-0.4, -0.2) is 6.10 Å². The molecule has 0 aliphatic carbocycles. The molecule has 0 aliphatic rings. The largest absolute Gasteiger partial charge is 0.490 e. The van der Waals surface area contributed by atoms with Gasteiger partial charge in [0.05, 0.1) is 6.10 Å². The summed E-state index contributed by atoms with van der Waals surface area (Å²) >= 11 is 0. The molecule has 0 saturated heterocycles. The van der Waals surface area contributed by atoms with Crippen LogP contribution in [0.3, 0.4) is 0 Å². The van der Waals surface area contributed by atoms with E-state index in [0.717, 1.165) is 17.7 Å². The zero-order valence-electron chi connectivity index (χ0n) is 12.7. The first-order valence-corrected chi connectivity index (χ1v) is 7.57. The van der Waals surface area contributed by atoms with E-state index in [4.69, 9.17) is 4.74 Å². The van der Waals surface area contributed by atoms with E-state index in [1.807, 2.05) is 6.08 Å². The Labute approximate surface area is 118 Å². The van der Waals surface area contributed by atoms with Crippen LogP contribution in [-0.2, 0) is 0 Å². The fourth-order valence-electron chi connectivity index (χ4n) is 2.24. The molecule has 1 heteroatoms. The molecule has 0 amide bonds. The van der Waals surface area contributed by atoms with Gasteiger partial charge in [0.15, 0.2) is 0 Å². The molecule has 0 radical (unpaired) electrons. The number of unbranched alkanes of at least 4 members (excludes halogenated alkanes) is 4. The number of rotatable bonds is 9. The maximum Gasteiger partial charge on any atom is 0.122 e. The van der Waals surface area contributed by atoms with Crippen molar-refractivity contribution in [2.75, 3.05) is 0 Å². The average molecular weight is 260 g/mol. The molecule has 1 nitrogen and oxygen atoms in total. The van der Waals surface area contributed by atoms with Crippen LogP contribution in [0.2, 0.25) is 0 Å². The summed E-state index contributed by atoms with van der Waals surface area (Å²) in [5, 5.41) is 0. The first-order valence-electron chi connectivity index (χ1n) is 7.57. The van der Waals surface area contributed by atoms with E-state index < -0.39 is 0 Å². The highest BCUT2D eigenvalue weighted by Gasteiger charge is 2.06. The summed E-state index contributed by atoms with van der Waals surface area (Å²) in [5.74, 6) is 1.01. The Hall–Kier alpha value is -1.24. The van der Waals surface area contributed by atoms with Crippen molar-refractivity contribution in [2.24, 2.45) is 0 Å². The predicted octanol–water partition coefficient (Wildman–Crippen LogP) is 5.77. The molecular formula is C18H28O. The van der Waals surface area contributed by atoms with Gasteiger partial charge in [0, 0.05) is 0 Å². The number of hydrogen-bond donors (Lipinski definition) is 0. The van der Waals surface area contributed by atoms with Crippen molar-refractivity contribution in [3.63, 3.8) is 0 Å². The van der Waals surface area contributed by atoms with E-state index in [1.165, 1.54) is 37.7 Å². The second-order valence-electron chi connectivity index (χ2n) is 5.36. The van der Waals surface area contributed by atoms with E-state index in [-0.39, 0.29) is 0 Å². The number of hydrogen-bond acceptors (Lipinski definition) is 1. The Morgan fingerprint density at radius 2 is 1.95 bits per heavy atom. The summed E-state index contributed by atoms with van der Waals surface area (Å²) in [7, 11) is 0. The lowest BCUT2D eigenvalue weighted by Crippen LogP contribution is -2.12. The summed E-state index contributed by atoms with van der Waals surface area (Å²) in [4.78, 5) is 0. The highest BCUT2D eigenvalue weighted by Crippen LogP contribution is 2.22. The standard InChI is InChI=1S/C18H28O/c1-5-7-8-9-10-11-16(4)19-18-13-12-17(6-2)14-15(18)3/h6,12-14,16H,2,5,7-11H2,1,3-4H3. The van der Waals surface area contributed by atoms with Crippen LogP contribution in [0.25, 0.3) is 6.08 Å². The van der Waals surface area contributed by atoms with Crippen molar-refractivity contribution in [1.29, 1.82) is 0 Å². The SMILES string of the molecule is C=Cc1ccc(OC(C)CCCCCCC)c(C)c1. The third-order valence-electron chi connectivity index (χ3n) is 3.48. The smallest absolute Gasteiger partial charge is 0.122 e. The van der Waals surface area contributed by atoms with Gasteiger partial charge in [0.2, 0.25) is 0 Å². The van der Waals surface area contributed by atoms with E-state index in [1.54, 1.807) is 0 Å². The molecule has 106 valence electrons. The minimum absolute atomic E-state index is 0.301. The van der Waals surface area contributed by atoms with Gasteiger partial charge in [-0.1, -0.05) is 51.3 Å². The van der Waals surface area contributed by atoms with E-state index in [9.17, 15) is 0 Å². The summed E-state index contributed by atoms with van der Waals surface area (Å²) in [6.45, 7) is 10.3. The molecule has 0 fully saturated rings. The normalized spacial score (nSPS) is 12.2. The van der Waals surface area contributed by atoms with Gasteiger partial charge in [-0.25, -0.2) is 0 Å². The van der Waals surface area contributed by atoms with Crippen molar-refractivity contribution in [3.05, 3.63) is 35.9 Å². The minimum Gasteiger partial charge on any atom is -0.490 e. The molecule has 0 spiro atoms. The van der Waals surface area contributed by atoms with Gasteiger partial charge < -0.3 is 4.74 Å². The van der Waals surface area contributed by atoms with Gasteiger partial charge in [0.25, 0.3) is 0 Å². The zero-order chi connectivity index (χ0) is 14.1. The van der Waals surface area contributed by atoms with Gasteiger partial charge in [-0.2, -0.15) is 0 Å². The molecule has 0 saturated carbocycles. The van der Waals surface area contributed by atoms with Crippen LogP contribution in [0.4, 0.5) is 0 Å².